The summed E-state index contributed by atoms with van der Waals surface area (Å²) in [6.07, 6.45) is 27.9. The van der Waals surface area contributed by atoms with Crippen LogP contribution in [0.4, 0.5) is 4.39 Å². The molecule has 1 saturated carbocycles. The van der Waals surface area contributed by atoms with Gasteiger partial charge in [0, 0.05) is 0 Å². The van der Waals surface area contributed by atoms with E-state index in [0.29, 0.717) is 0 Å². The molecule has 1 fully saturated rings. The Hall–Kier alpha value is -1.11. The molecule has 0 nitrogen and oxygen atoms in total. The summed E-state index contributed by atoms with van der Waals surface area (Å²) < 4.78 is 13.1. The number of allylic oxidation sites excluding steroid dienone is 2. The summed E-state index contributed by atoms with van der Waals surface area (Å²) in [6, 6.07) is 7.05. The highest BCUT2D eigenvalue weighted by Crippen LogP contribution is 2.41. The van der Waals surface area contributed by atoms with Gasteiger partial charge in [-0.2, -0.15) is 0 Å². The molecule has 0 bridgehead atoms. The van der Waals surface area contributed by atoms with Crippen LogP contribution >= 0.6 is 0 Å². The van der Waals surface area contributed by atoms with Gasteiger partial charge in [-0.3, -0.25) is 0 Å². The van der Waals surface area contributed by atoms with Crippen LogP contribution in [0.15, 0.2) is 35.9 Å². The van der Waals surface area contributed by atoms with Gasteiger partial charge in [0.25, 0.3) is 0 Å². The molecule has 0 aromatic heterocycles. The van der Waals surface area contributed by atoms with E-state index in [0.717, 1.165) is 30.6 Å². The van der Waals surface area contributed by atoms with Crippen LogP contribution in [0.25, 0.3) is 0 Å². The molecule has 3 rings (SSSR count). The largest absolute Gasteiger partial charge is 0.207 e. The minimum Gasteiger partial charge on any atom is -0.207 e. The van der Waals surface area contributed by atoms with E-state index in [-0.39, 0.29) is 5.82 Å². The van der Waals surface area contributed by atoms with Crippen molar-refractivity contribution in [1.29, 1.82) is 0 Å². The van der Waals surface area contributed by atoms with Crippen LogP contribution in [0.1, 0.15) is 122 Å². The molecule has 0 N–H and O–H groups in total. The van der Waals surface area contributed by atoms with Crippen LogP contribution in [0, 0.1) is 23.6 Å². The Morgan fingerprint density at radius 2 is 1.42 bits per heavy atom. The molecule has 1 aromatic carbocycles. The summed E-state index contributed by atoms with van der Waals surface area (Å²) in [5.74, 6) is 2.83. The predicted octanol–water partition coefficient (Wildman–Crippen LogP) is 9.82. The van der Waals surface area contributed by atoms with Gasteiger partial charge in [-0.25, -0.2) is 4.39 Å². The fourth-order valence-electron chi connectivity index (χ4n) is 6.04. The lowest BCUT2D eigenvalue weighted by molar-refractivity contribution is 0.185. The third-order valence-corrected chi connectivity index (χ3v) is 8.22. The maximum atomic E-state index is 13.1. The lowest BCUT2D eigenvalue weighted by Crippen LogP contribution is -2.23. The first-order chi connectivity index (χ1) is 15.2. The van der Waals surface area contributed by atoms with E-state index >= 15 is 0 Å². The van der Waals surface area contributed by atoms with Crippen LogP contribution in [0.5, 0.6) is 0 Å². The minimum atomic E-state index is -0.129. The van der Waals surface area contributed by atoms with Gasteiger partial charge in [-0.1, -0.05) is 101 Å². The zero-order valence-electron chi connectivity index (χ0n) is 20.2. The van der Waals surface area contributed by atoms with Crippen molar-refractivity contribution in [3.8, 4) is 0 Å². The number of benzene rings is 1. The van der Waals surface area contributed by atoms with E-state index in [4.69, 9.17) is 0 Å². The van der Waals surface area contributed by atoms with Crippen molar-refractivity contribution in [1.82, 2.24) is 0 Å². The number of hydrogen-bond acceptors (Lipinski definition) is 0. The van der Waals surface area contributed by atoms with Gasteiger partial charge in [0.2, 0.25) is 0 Å². The Bertz CT molecular complexity index is 620. The van der Waals surface area contributed by atoms with E-state index in [9.17, 15) is 4.39 Å². The molecule has 0 radical (unpaired) electrons. The highest BCUT2D eigenvalue weighted by atomic mass is 19.1. The van der Waals surface area contributed by atoms with E-state index in [1.165, 1.54) is 108 Å². The fraction of sp³-hybridized carbons (Fsp3) is 0.733. The van der Waals surface area contributed by atoms with Crippen LogP contribution in [-0.4, -0.2) is 0 Å². The van der Waals surface area contributed by atoms with Crippen LogP contribution in [0.2, 0.25) is 0 Å². The topological polar surface area (TPSA) is 0 Å². The molecule has 174 valence electrons. The molecule has 1 heteroatoms. The van der Waals surface area contributed by atoms with Gasteiger partial charge in [0.15, 0.2) is 0 Å². The van der Waals surface area contributed by atoms with Gasteiger partial charge in [0.1, 0.15) is 5.82 Å². The molecular formula is C30H47F. The van der Waals surface area contributed by atoms with Crippen molar-refractivity contribution in [3.63, 3.8) is 0 Å². The Morgan fingerprint density at radius 1 is 0.742 bits per heavy atom. The van der Waals surface area contributed by atoms with E-state index < -0.39 is 0 Å². The van der Waals surface area contributed by atoms with Crippen LogP contribution in [0.3, 0.4) is 0 Å². The standard InChI is InChI=1S/C30H47F/c1-2-3-4-5-6-7-8-9-10-25-13-19-28(20-14-25)29-21-15-26(16-22-29)11-12-27-17-23-30(31)24-18-27/h15,17-18,23-25,28-29H,2-14,16,19-22H2,1H3/t25-,28-,29?. The Balaban J connectivity index is 1.25. The van der Waals surface area contributed by atoms with Crippen molar-refractivity contribution in [3.05, 3.63) is 47.3 Å². The molecule has 0 spiro atoms. The average molecular weight is 427 g/mol. The van der Waals surface area contributed by atoms with Gasteiger partial charge in [-0.05, 0) is 80.4 Å². The second-order valence-corrected chi connectivity index (χ2v) is 10.6. The quantitative estimate of drug-likeness (QED) is 0.217. The molecule has 2 aliphatic carbocycles. The summed E-state index contributed by atoms with van der Waals surface area (Å²) in [6.45, 7) is 2.30. The predicted molar refractivity (Wildman–Crippen MR) is 133 cm³/mol. The lowest BCUT2D eigenvalue weighted by Gasteiger charge is -2.35. The molecule has 0 aliphatic heterocycles. The lowest BCUT2D eigenvalue weighted by atomic mass is 9.70. The van der Waals surface area contributed by atoms with Gasteiger partial charge in [-0.15, -0.1) is 0 Å². The summed E-state index contributed by atoms with van der Waals surface area (Å²) in [7, 11) is 0. The minimum absolute atomic E-state index is 0.129. The van der Waals surface area contributed by atoms with Crippen LogP contribution in [-0.2, 0) is 6.42 Å². The van der Waals surface area contributed by atoms with Gasteiger partial charge in [0.05, 0.1) is 0 Å². The summed E-state index contributed by atoms with van der Waals surface area (Å²) in [5.41, 5.74) is 2.91. The van der Waals surface area contributed by atoms with E-state index in [1.54, 1.807) is 17.7 Å². The Labute approximate surface area is 192 Å². The smallest absolute Gasteiger partial charge is 0.123 e. The SMILES string of the molecule is CCCCCCCCCC[C@H]1CC[C@H](C2CC=C(CCc3ccc(F)cc3)CC2)CC1. The Morgan fingerprint density at radius 3 is 2.06 bits per heavy atom. The van der Waals surface area contributed by atoms with E-state index in [1.807, 2.05) is 12.1 Å². The molecule has 31 heavy (non-hydrogen) atoms. The van der Waals surface area contributed by atoms with Crippen molar-refractivity contribution in [2.45, 2.75) is 122 Å². The average Bonchev–Trinajstić information content (AvgIpc) is 2.81. The van der Waals surface area contributed by atoms with Gasteiger partial charge < -0.3 is 0 Å². The first-order valence-corrected chi connectivity index (χ1v) is 13.7. The summed E-state index contributed by atoms with van der Waals surface area (Å²) >= 11 is 0. The van der Waals surface area contributed by atoms with Crippen molar-refractivity contribution in [2.75, 3.05) is 0 Å². The van der Waals surface area contributed by atoms with Crippen molar-refractivity contribution < 1.29 is 4.39 Å². The second kappa shape index (κ2) is 14.1. The molecule has 0 saturated heterocycles. The highest BCUT2D eigenvalue weighted by molar-refractivity contribution is 5.18. The molecule has 1 aromatic rings. The molecule has 0 amide bonds. The first kappa shape index (κ1) is 24.5. The molecule has 0 heterocycles. The maximum absolute atomic E-state index is 13.1. The Kier molecular flexibility index (Phi) is 11.2. The second-order valence-electron chi connectivity index (χ2n) is 10.6. The molecule has 2 aliphatic rings. The summed E-state index contributed by atoms with van der Waals surface area (Å²) in [4.78, 5) is 0. The normalized spacial score (nSPS) is 24.2. The third kappa shape index (κ3) is 9.11. The third-order valence-electron chi connectivity index (χ3n) is 8.22. The highest BCUT2D eigenvalue weighted by Gasteiger charge is 2.28. The number of unbranched alkanes of at least 4 members (excludes halogenated alkanes) is 7. The number of aryl methyl sites for hydroxylation is 1. The number of rotatable bonds is 13. The zero-order valence-corrected chi connectivity index (χ0v) is 20.2. The van der Waals surface area contributed by atoms with Gasteiger partial charge >= 0.3 is 0 Å². The van der Waals surface area contributed by atoms with E-state index in [2.05, 4.69) is 13.0 Å². The van der Waals surface area contributed by atoms with Crippen LogP contribution < -0.4 is 0 Å². The van der Waals surface area contributed by atoms with Crippen molar-refractivity contribution in [2.24, 2.45) is 17.8 Å². The molecule has 1 unspecified atom stereocenters. The molecular weight excluding hydrogens is 379 g/mol. The van der Waals surface area contributed by atoms with Crippen molar-refractivity contribution >= 4 is 0 Å². The zero-order chi connectivity index (χ0) is 21.7. The fourth-order valence-corrected chi connectivity index (χ4v) is 6.04. The first-order valence-electron chi connectivity index (χ1n) is 13.7. The number of halogens is 1. The number of hydrogen-bond donors (Lipinski definition) is 0. The monoisotopic (exact) mass is 426 g/mol. The maximum Gasteiger partial charge on any atom is 0.123 e. The summed E-state index contributed by atoms with van der Waals surface area (Å²) in [5, 5.41) is 0. The molecule has 1 atom stereocenters.